The van der Waals surface area contributed by atoms with Gasteiger partial charge in [0, 0.05) is 101 Å². The van der Waals surface area contributed by atoms with Gasteiger partial charge in [0.2, 0.25) is 17.3 Å². The molecule has 0 atom stereocenters. The minimum absolute atomic E-state index is 0.0254. The summed E-state index contributed by atoms with van der Waals surface area (Å²) in [6, 6.07) is 39.6. The van der Waals surface area contributed by atoms with Gasteiger partial charge < -0.3 is 42.1 Å². The molecule has 0 bridgehead atoms. The molecule has 0 spiro atoms. The van der Waals surface area contributed by atoms with Crippen molar-refractivity contribution in [1.82, 2.24) is 0 Å². The first-order valence-corrected chi connectivity index (χ1v) is 36.3. The fourth-order valence-corrected chi connectivity index (χ4v) is 14.1. The smallest absolute Gasteiger partial charge is 0.478 e. The molecule has 0 fully saturated rings. The first kappa shape index (κ1) is 81.3. The third-order valence-corrected chi connectivity index (χ3v) is 19.6. The lowest BCUT2D eigenvalue weighted by molar-refractivity contribution is -0.385. The van der Waals surface area contributed by atoms with E-state index in [4.69, 9.17) is 32.8 Å². The molecule has 6 aromatic heterocycles. The Morgan fingerprint density at radius 1 is 0.486 bits per heavy atom. The molecule has 109 heavy (non-hydrogen) atoms. The predicted molar refractivity (Wildman–Crippen MR) is 400 cm³/mol. The number of benzene rings is 6. The van der Waals surface area contributed by atoms with Gasteiger partial charge in [-0.1, -0.05) is 91.0 Å². The lowest BCUT2D eigenvalue weighted by Gasteiger charge is -2.20. The third-order valence-electron chi connectivity index (χ3n) is 15.7. The van der Waals surface area contributed by atoms with Gasteiger partial charge in [0.25, 0.3) is 17.1 Å². The third kappa shape index (κ3) is 19.9. The number of carboxylic acids is 1. The number of esters is 2. The number of fused-ring (bicyclic) bond motifs is 3. The molecule has 0 saturated heterocycles. The number of furan rings is 3. The highest BCUT2D eigenvalue weighted by molar-refractivity contribution is 7.88. The molecule has 3 N–H and O–H groups in total. The van der Waals surface area contributed by atoms with Crippen molar-refractivity contribution in [1.29, 1.82) is 0 Å². The second-order valence-electron chi connectivity index (χ2n) is 26.0. The number of hydrogen-bond donors (Lipinski definition) is 3. The van der Waals surface area contributed by atoms with Crippen LogP contribution in [0.4, 0.5) is 30.2 Å². The first-order valence-electron chi connectivity index (χ1n) is 32.3. The fourth-order valence-electron chi connectivity index (χ4n) is 10.5. The number of aromatic carboxylic acids is 1. The number of thiophene rings is 3. The van der Waals surface area contributed by atoms with Crippen LogP contribution < -0.4 is 9.65 Å². The number of aryl methyl sites for hydroxylation is 3. The predicted octanol–water partition coefficient (Wildman–Crippen LogP) is 16.9. The molecule has 12 rings (SSSR count). The van der Waals surface area contributed by atoms with Gasteiger partial charge in [-0.15, -0.1) is 34.0 Å². The lowest BCUT2D eigenvalue weighted by Crippen LogP contribution is -2.29. The van der Waals surface area contributed by atoms with Crippen molar-refractivity contribution >= 4 is 142 Å². The molecule has 0 saturated carbocycles. The highest BCUT2D eigenvalue weighted by Crippen LogP contribution is 2.40. The second-order valence-corrected chi connectivity index (χ2v) is 30.5. The van der Waals surface area contributed by atoms with Crippen LogP contribution in [0.2, 0.25) is 0 Å². The number of nitro benzene ring substituents is 3. The van der Waals surface area contributed by atoms with Gasteiger partial charge in [0.05, 0.1) is 25.9 Å². The van der Waals surface area contributed by atoms with Gasteiger partial charge in [-0.25, -0.2) is 14.4 Å². The van der Waals surface area contributed by atoms with Crippen molar-refractivity contribution in [2.24, 2.45) is 0 Å². The van der Waals surface area contributed by atoms with Crippen molar-refractivity contribution in [2.45, 2.75) is 98.3 Å². The Morgan fingerprint density at radius 2 is 0.826 bits per heavy atom. The van der Waals surface area contributed by atoms with Gasteiger partial charge in [0.15, 0.2) is 23.0 Å². The number of Topliss-reactive ketones (excluding diaryl/α,β-unsaturated/α-hetero) is 3. The van der Waals surface area contributed by atoms with Crippen molar-refractivity contribution in [3.8, 4) is 28.0 Å². The van der Waals surface area contributed by atoms with Crippen molar-refractivity contribution in [3.63, 3.8) is 0 Å². The summed E-state index contributed by atoms with van der Waals surface area (Å²) in [6.45, 7) is 14.7. The Kier molecular flexibility index (Phi) is 24.7. The van der Waals surface area contributed by atoms with Crippen LogP contribution in [-0.2, 0) is 38.9 Å². The summed E-state index contributed by atoms with van der Waals surface area (Å²) < 4.78 is 92.9. The molecule has 0 unspecified atom stereocenters. The normalized spacial score (nSPS) is 11.5. The molecule has 34 heteroatoms. The van der Waals surface area contributed by atoms with Gasteiger partial charge in [-0.3, -0.25) is 44.7 Å². The van der Waals surface area contributed by atoms with Crippen LogP contribution in [0.15, 0.2) is 175 Å². The molecular weight excluding hydrogens is 1510 g/mol. The van der Waals surface area contributed by atoms with Gasteiger partial charge in [-0.05, 0) is 126 Å². The zero-order valence-electron chi connectivity index (χ0n) is 58.9. The van der Waals surface area contributed by atoms with Crippen LogP contribution in [-0.4, -0.2) is 97.4 Å². The molecule has 0 amide bonds. The number of nitro groups is 3. The molecule has 0 aliphatic heterocycles. The number of carbonyl (C=O) groups is 6. The summed E-state index contributed by atoms with van der Waals surface area (Å²) in [5.74, 6) is -4.61. The van der Waals surface area contributed by atoms with E-state index in [1.165, 1.54) is 62.4 Å². The maximum Gasteiger partial charge on any atom is 0.534 e. The van der Waals surface area contributed by atoms with Gasteiger partial charge >= 0.3 is 40.7 Å². The Balaban J connectivity index is 0.000000174. The van der Waals surface area contributed by atoms with E-state index in [9.17, 15) is 85.8 Å². The van der Waals surface area contributed by atoms with E-state index >= 15 is 0 Å². The highest BCUT2D eigenvalue weighted by atomic mass is 32.2. The van der Waals surface area contributed by atoms with Gasteiger partial charge in [-0.2, -0.15) is 21.6 Å². The van der Waals surface area contributed by atoms with Crippen LogP contribution in [0.5, 0.6) is 5.75 Å². The number of ketones is 3. The summed E-state index contributed by atoms with van der Waals surface area (Å²) in [7, 11) is -7.71. The van der Waals surface area contributed by atoms with Crippen LogP contribution in [0.3, 0.4) is 0 Å². The quantitative estimate of drug-likeness (QED) is 0.0121. The molecule has 6 aromatic carbocycles. The summed E-state index contributed by atoms with van der Waals surface area (Å²) in [6.07, 6.45) is -0.651. The number of carbonyl (C=O) groups excluding carboxylic acids is 5. The van der Waals surface area contributed by atoms with Crippen molar-refractivity contribution < 1.29 is 107 Å². The molecule has 0 aliphatic carbocycles. The van der Waals surface area contributed by atoms with E-state index in [1.54, 1.807) is 131 Å². The fraction of sp³-hybridized carbons (Fsp3) is 0.200. The summed E-state index contributed by atoms with van der Waals surface area (Å²) in [4.78, 5) is 109. The Morgan fingerprint density at radius 3 is 1.18 bits per heavy atom. The number of nitrogens with zero attached hydrogens (tertiary/aromatic N) is 3. The summed E-state index contributed by atoms with van der Waals surface area (Å²) >= 11 is 3.07. The Bertz CT molecular complexity index is 5570. The zero-order chi connectivity index (χ0) is 79.9. The monoisotopic (exact) mass is 1570 g/mol. The maximum absolute atomic E-state index is 13.2. The maximum atomic E-state index is 13.2. The van der Waals surface area contributed by atoms with E-state index in [2.05, 4.69) is 4.18 Å². The largest absolute Gasteiger partial charge is 0.534 e. The summed E-state index contributed by atoms with van der Waals surface area (Å²) in [5, 5.41) is 66.9. The minimum Gasteiger partial charge on any atom is -0.478 e. The minimum atomic E-state index is -6.04. The number of hydrogen-bond acceptors (Lipinski definition) is 25. The number of carboxylic acid groups (broad SMARTS) is 1. The standard InChI is InChI=1S/C26H23NO6S.C22H15NO6S.C20H17F3O7S2.C7H8BNO4/c1-15-9-10-16(11-19(15)27(30)31)18-14-34-23(24(18)25(29)33-26(2,3)4)13-20(28)22-12-17-7-5-6-8-21(17)32-22;1-12-6-7-13(8-16(12)23(27)28)15-11-30-20(21(15)22(25)26)10-17(24)19-9-14-4-2-3-5-18(14)29-19;1-19(2,3)29-18(25)17-15(30-32(26,27)20(21,22)23)10-31-16(17)9-12(24)14-8-11-6-4-5-7-13(11)28-14;1-5-2-3-6(8(10)11)4-7(5)9(12)13/h5-12,14H,13H2,1-4H3;2-9,11H,10H2,1H3,(H,25,26);4-8,10H,9H2,1-3H3;2-4,10-11H,1H3. The number of rotatable bonds is 20. The molecule has 564 valence electrons. The molecule has 26 nitrogen and oxygen atoms in total. The average molecular weight is 1570 g/mol. The van der Waals surface area contributed by atoms with Crippen LogP contribution >= 0.6 is 34.0 Å². The average Bonchev–Trinajstić information content (AvgIpc) is 1.65. The number of halogens is 3. The molecule has 6 heterocycles. The van der Waals surface area contributed by atoms with Crippen LogP contribution in [0.25, 0.3) is 55.2 Å². The van der Waals surface area contributed by atoms with Crippen LogP contribution in [0.1, 0.15) is 136 Å². The van der Waals surface area contributed by atoms with E-state index in [0.29, 0.717) is 82.2 Å². The number of para-hydroxylation sites is 3. The number of alkyl halides is 3. The van der Waals surface area contributed by atoms with Gasteiger partial charge in [0.1, 0.15) is 33.5 Å². The van der Waals surface area contributed by atoms with E-state index in [0.717, 1.165) is 33.6 Å². The Hall–Kier alpha value is -11.8. The lowest BCUT2D eigenvalue weighted by atomic mass is 9.80. The SMILES string of the molecule is CC(C)(C)OC(=O)c1c(OS(=O)(=O)C(F)(F)F)csc1CC(=O)c1cc2ccccc2o1.Cc1ccc(-c2csc(CC(=O)c3cc4ccccc4o3)c2C(=O)O)cc1[N+](=O)[O-].Cc1ccc(-c2csc(CC(=O)c3cc4ccccc4o3)c2C(=O)OC(C)(C)C)cc1[N+](=O)[O-].Cc1ccc(B(O)O)cc1[N+](=O)[O-]. The van der Waals surface area contributed by atoms with E-state index < -0.39 is 90.1 Å². The number of ether oxygens (including phenoxy) is 2. The van der Waals surface area contributed by atoms with Crippen molar-refractivity contribution in [3.05, 3.63) is 257 Å². The Labute approximate surface area is 629 Å². The van der Waals surface area contributed by atoms with Crippen LogP contribution in [0, 0.1) is 51.1 Å². The van der Waals surface area contributed by atoms with E-state index in [-0.39, 0.29) is 80.2 Å². The second kappa shape index (κ2) is 33.1. The summed E-state index contributed by atoms with van der Waals surface area (Å²) in [5.41, 5.74) is -3.06. The van der Waals surface area contributed by atoms with Crippen molar-refractivity contribution in [2.75, 3.05) is 0 Å². The molecule has 12 aromatic rings. The highest BCUT2D eigenvalue weighted by Gasteiger charge is 2.49. The first-order chi connectivity index (χ1) is 51.1. The topological polar surface area (TPSA) is 394 Å². The molecule has 0 aliphatic rings. The molecule has 0 radical (unpaired) electrons. The molecular formula is C75H63BF3N3O23S4. The zero-order valence-corrected chi connectivity index (χ0v) is 62.2. The van der Waals surface area contributed by atoms with E-state index in [1.807, 2.05) is 30.3 Å².